The van der Waals surface area contributed by atoms with Crippen LogP contribution in [0.5, 0.6) is 0 Å². The Morgan fingerprint density at radius 3 is 2.69 bits per heavy atom. The van der Waals surface area contributed by atoms with Crippen LogP contribution in [0.15, 0.2) is 24.4 Å². The molecule has 172 valence electrons. The second-order valence-corrected chi connectivity index (χ2v) is 8.60. The first-order valence-corrected chi connectivity index (χ1v) is 11.7. The summed E-state index contributed by atoms with van der Waals surface area (Å²) < 4.78 is 7.56. The van der Waals surface area contributed by atoms with Crippen LogP contribution in [0.3, 0.4) is 0 Å². The van der Waals surface area contributed by atoms with Crippen molar-refractivity contribution < 1.29 is 9.53 Å². The number of fused-ring (bicyclic) bond motifs is 3. The number of carbonyl (C=O) groups is 1. The molecule has 1 fully saturated rings. The number of carbonyl (C=O) groups excluding carboxylic acids is 1. The molecular formula is C24H34N6O2. The van der Waals surface area contributed by atoms with Gasteiger partial charge in [0.2, 0.25) is 0 Å². The van der Waals surface area contributed by atoms with Crippen LogP contribution >= 0.6 is 0 Å². The molecule has 2 aromatic heterocycles. The predicted molar refractivity (Wildman–Crippen MR) is 129 cm³/mol. The van der Waals surface area contributed by atoms with Gasteiger partial charge in [-0.05, 0) is 25.5 Å². The Labute approximate surface area is 189 Å². The van der Waals surface area contributed by atoms with Crippen molar-refractivity contribution in [3.8, 4) is 0 Å². The van der Waals surface area contributed by atoms with Gasteiger partial charge in [0.15, 0.2) is 5.82 Å². The van der Waals surface area contributed by atoms with E-state index in [-0.39, 0.29) is 5.78 Å². The van der Waals surface area contributed by atoms with Gasteiger partial charge in [-0.1, -0.05) is 19.4 Å². The first-order chi connectivity index (χ1) is 15.5. The zero-order valence-electron chi connectivity index (χ0n) is 19.2. The van der Waals surface area contributed by atoms with E-state index in [1.165, 1.54) is 5.69 Å². The lowest BCUT2D eigenvalue weighted by atomic mass is 10.1. The molecule has 8 heteroatoms. The standard InChI is InChI=1S/C24H34N6O2/c1-3-4-8-30-17-21-20-6-5-19(16-22(20)26-24(25)23(21)27-30)29-11-9-28(10-12-29)13-15-32-14-7-18(2)31/h5-6,16-17H,3-4,7-15H2,1-2H3,(H2,25,26). The molecule has 0 saturated carbocycles. The van der Waals surface area contributed by atoms with Crippen molar-refractivity contribution in [3.63, 3.8) is 0 Å². The molecule has 0 spiro atoms. The number of Topliss-reactive ketones (excluding diaryl/α,β-unsaturated/α-hetero) is 1. The normalized spacial score (nSPS) is 15.1. The molecule has 3 heterocycles. The van der Waals surface area contributed by atoms with E-state index in [1.54, 1.807) is 6.92 Å². The van der Waals surface area contributed by atoms with Gasteiger partial charge in [-0.3, -0.25) is 14.4 Å². The summed E-state index contributed by atoms with van der Waals surface area (Å²) in [6, 6.07) is 6.49. The second-order valence-electron chi connectivity index (χ2n) is 8.60. The van der Waals surface area contributed by atoms with Crippen LogP contribution in [0, 0.1) is 0 Å². The summed E-state index contributed by atoms with van der Waals surface area (Å²) in [7, 11) is 0. The van der Waals surface area contributed by atoms with E-state index in [0.717, 1.165) is 73.9 Å². The number of rotatable bonds is 10. The number of aromatic nitrogens is 3. The Balaban J connectivity index is 1.40. The first-order valence-electron chi connectivity index (χ1n) is 11.7. The molecule has 0 bridgehead atoms. The number of piperazine rings is 1. The van der Waals surface area contributed by atoms with Crippen molar-refractivity contribution in [1.29, 1.82) is 0 Å². The summed E-state index contributed by atoms with van der Waals surface area (Å²) in [6.07, 6.45) is 4.83. The summed E-state index contributed by atoms with van der Waals surface area (Å²) in [5.74, 6) is 0.672. The Kier molecular flexibility index (Phi) is 7.22. The van der Waals surface area contributed by atoms with Crippen molar-refractivity contribution in [2.24, 2.45) is 0 Å². The number of ether oxygens (including phenoxy) is 1. The monoisotopic (exact) mass is 438 g/mol. The van der Waals surface area contributed by atoms with E-state index in [0.29, 0.717) is 25.5 Å². The lowest BCUT2D eigenvalue weighted by Crippen LogP contribution is -2.47. The summed E-state index contributed by atoms with van der Waals surface area (Å²) in [4.78, 5) is 20.4. The molecule has 0 unspecified atom stereocenters. The van der Waals surface area contributed by atoms with Gasteiger partial charge < -0.3 is 15.4 Å². The number of hydrogen-bond donors (Lipinski definition) is 1. The average molecular weight is 439 g/mol. The van der Waals surface area contributed by atoms with Gasteiger partial charge in [-0.2, -0.15) is 5.10 Å². The fourth-order valence-corrected chi connectivity index (χ4v) is 4.20. The lowest BCUT2D eigenvalue weighted by molar-refractivity contribution is -0.118. The zero-order valence-corrected chi connectivity index (χ0v) is 19.2. The van der Waals surface area contributed by atoms with E-state index in [4.69, 9.17) is 10.5 Å². The smallest absolute Gasteiger partial charge is 0.152 e. The molecule has 8 nitrogen and oxygen atoms in total. The number of nitrogen functional groups attached to an aromatic ring is 1. The number of ketones is 1. The maximum absolute atomic E-state index is 11.0. The molecule has 1 aromatic carbocycles. The van der Waals surface area contributed by atoms with Crippen LogP contribution in [0.4, 0.5) is 11.5 Å². The summed E-state index contributed by atoms with van der Waals surface area (Å²) in [5, 5.41) is 6.82. The van der Waals surface area contributed by atoms with Gasteiger partial charge >= 0.3 is 0 Å². The molecule has 1 aliphatic rings. The third-order valence-electron chi connectivity index (χ3n) is 6.15. The van der Waals surface area contributed by atoms with Crippen LogP contribution in [0.2, 0.25) is 0 Å². The third-order valence-corrected chi connectivity index (χ3v) is 6.15. The first kappa shape index (κ1) is 22.5. The molecule has 0 amide bonds. The molecule has 1 aliphatic heterocycles. The Morgan fingerprint density at radius 2 is 1.94 bits per heavy atom. The van der Waals surface area contributed by atoms with Crippen LogP contribution in [-0.4, -0.2) is 71.4 Å². The highest BCUT2D eigenvalue weighted by Gasteiger charge is 2.18. The lowest BCUT2D eigenvalue weighted by Gasteiger charge is -2.36. The van der Waals surface area contributed by atoms with Crippen LogP contribution in [0.1, 0.15) is 33.1 Å². The molecule has 32 heavy (non-hydrogen) atoms. The number of aryl methyl sites for hydroxylation is 1. The summed E-state index contributed by atoms with van der Waals surface area (Å²) >= 11 is 0. The summed E-state index contributed by atoms with van der Waals surface area (Å²) in [6.45, 7) is 10.7. The number of benzene rings is 1. The van der Waals surface area contributed by atoms with Gasteiger partial charge in [0, 0.05) is 68.3 Å². The summed E-state index contributed by atoms with van der Waals surface area (Å²) in [5.41, 5.74) is 9.15. The number of anilines is 2. The van der Waals surface area contributed by atoms with Crippen molar-refractivity contribution in [2.75, 3.05) is 56.6 Å². The van der Waals surface area contributed by atoms with Gasteiger partial charge in [-0.15, -0.1) is 0 Å². The zero-order chi connectivity index (χ0) is 22.5. The van der Waals surface area contributed by atoms with Crippen LogP contribution in [-0.2, 0) is 16.1 Å². The number of nitrogens with zero attached hydrogens (tertiary/aromatic N) is 5. The Bertz CT molecular complexity index is 1070. The van der Waals surface area contributed by atoms with Gasteiger partial charge in [0.05, 0.1) is 18.7 Å². The number of pyridine rings is 1. The molecule has 0 aliphatic carbocycles. The van der Waals surface area contributed by atoms with E-state index in [2.05, 4.69) is 51.2 Å². The van der Waals surface area contributed by atoms with E-state index in [1.807, 2.05) is 4.68 Å². The highest BCUT2D eigenvalue weighted by molar-refractivity contribution is 6.08. The molecule has 0 radical (unpaired) electrons. The van der Waals surface area contributed by atoms with Crippen LogP contribution in [0.25, 0.3) is 21.8 Å². The molecule has 0 atom stereocenters. The third kappa shape index (κ3) is 5.19. The quantitative estimate of drug-likeness (QED) is 0.487. The Morgan fingerprint density at radius 1 is 1.12 bits per heavy atom. The minimum atomic E-state index is 0.177. The highest BCUT2D eigenvalue weighted by atomic mass is 16.5. The maximum atomic E-state index is 11.0. The van der Waals surface area contributed by atoms with Crippen molar-refractivity contribution in [3.05, 3.63) is 24.4 Å². The number of nitrogens with two attached hydrogens (primary N) is 1. The highest BCUT2D eigenvalue weighted by Crippen LogP contribution is 2.30. The van der Waals surface area contributed by atoms with E-state index >= 15 is 0 Å². The largest absolute Gasteiger partial charge is 0.382 e. The predicted octanol–water partition coefficient (Wildman–Crippen LogP) is 3.08. The van der Waals surface area contributed by atoms with Crippen LogP contribution < -0.4 is 10.6 Å². The number of unbranched alkanes of at least 4 members (excludes halogenated alkanes) is 1. The SMILES string of the molecule is CCCCn1cc2c(n1)c(N)nc1cc(N3CCN(CCOCCC(C)=O)CC3)ccc12. The fraction of sp³-hybridized carbons (Fsp3) is 0.542. The fourth-order valence-electron chi connectivity index (χ4n) is 4.20. The van der Waals surface area contributed by atoms with E-state index < -0.39 is 0 Å². The molecule has 4 rings (SSSR count). The molecule has 1 saturated heterocycles. The number of hydrogen-bond acceptors (Lipinski definition) is 7. The molecule has 3 aromatic rings. The minimum Gasteiger partial charge on any atom is -0.382 e. The molecular weight excluding hydrogens is 404 g/mol. The van der Waals surface area contributed by atoms with Crippen molar-refractivity contribution in [2.45, 2.75) is 39.7 Å². The van der Waals surface area contributed by atoms with E-state index in [9.17, 15) is 4.79 Å². The maximum Gasteiger partial charge on any atom is 0.152 e. The minimum absolute atomic E-state index is 0.177. The second kappa shape index (κ2) is 10.3. The average Bonchev–Trinajstić information content (AvgIpc) is 3.22. The topological polar surface area (TPSA) is 89.5 Å². The van der Waals surface area contributed by atoms with Gasteiger partial charge in [-0.25, -0.2) is 4.98 Å². The van der Waals surface area contributed by atoms with Gasteiger partial charge in [0.25, 0.3) is 0 Å². The van der Waals surface area contributed by atoms with Crippen molar-refractivity contribution in [1.82, 2.24) is 19.7 Å². The Hall–Kier alpha value is -2.71. The molecule has 2 N–H and O–H groups in total. The van der Waals surface area contributed by atoms with Gasteiger partial charge in [0.1, 0.15) is 11.3 Å². The van der Waals surface area contributed by atoms with Crippen molar-refractivity contribution >= 4 is 39.1 Å².